The van der Waals surface area contributed by atoms with Crippen molar-refractivity contribution in [1.29, 1.82) is 0 Å². The quantitative estimate of drug-likeness (QED) is 0.0862. The Kier molecular flexibility index (Phi) is 12.5. The molecule has 6 atom stereocenters. The van der Waals surface area contributed by atoms with E-state index < -0.39 is 24.1 Å². The maximum atomic E-state index is 14.3. The minimum atomic E-state index is -0.947. The molecule has 4 aromatic carbocycles. The summed E-state index contributed by atoms with van der Waals surface area (Å²) in [7, 11) is 4.27. The lowest BCUT2D eigenvalue weighted by Crippen LogP contribution is -2.52. The van der Waals surface area contributed by atoms with Gasteiger partial charge in [0, 0.05) is 36.6 Å². The number of alkyl carbamates (subject to hydrolysis) is 1. The highest BCUT2D eigenvalue weighted by Crippen LogP contribution is 2.44. The number of nitrogens with one attached hydrogen (secondary N) is 4. The van der Waals surface area contributed by atoms with Crippen LogP contribution in [0.15, 0.2) is 79.0 Å². The van der Waals surface area contributed by atoms with Crippen molar-refractivity contribution in [2.75, 3.05) is 41.0 Å². The van der Waals surface area contributed by atoms with Crippen molar-refractivity contribution in [3.8, 4) is 28.1 Å². The number of ether oxygens (including phenoxy) is 4. The SMILES string of the molecule is COC[C@H]1C[C@@H](c2ncc(-c3ccc4c(c3)COc3cc5c(ccc6[nH]c(C7CC[C@H](C)N7C(=O)[C@@H](NCC(=O)OC)C(C)C)nc65)cc3-4)[nH]2)N(C(=O)[C@H](NC(=O)OC)c2ccccc2)C1. The number of methoxy groups -OCH3 is 3. The first kappa shape index (κ1) is 44.4. The number of fused-ring (bicyclic) bond motifs is 6. The summed E-state index contributed by atoms with van der Waals surface area (Å²) in [5.74, 6) is 1.43. The van der Waals surface area contributed by atoms with Crippen LogP contribution in [0.3, 0.4) is 0 Å². The molecule has 16 heteroatoms. The molecule has 3 amide bonds. The summed E-state index contributed by atoms with van der Waals surface area (Å²) in [6, 6.07) is 21.7. The molecular weight excluding hydrogens is 841 g/mol. The molecule has 0 bridgehead atoms. The number of carbonyl (C=O) groups excluding carboxylic acids is 4. The van der Waals surface area contributed by atoms with Crippen LogP contribution < -0.4 is 15.4 Å². The van der Waals surface area contributed by atoms with Crippen LogP contribution in [0.5, 0.6) is 5.75 Å². The molecule has 0 radical (unpaired) electrons. The lowest BCUT2D eigenvalue weighted by Gasteiger charge is -2.33. The second-order valence-corrected chi connectivity index (χ2v) is 17.9. The van der Waals surface area contributed by atoms with Crippen molar-refractivity contribution >= 4 is 45.7 Å². The highest BCUT2D eigenvalue weighted by Gasteiger charge is 2.42. The molecule has 66 heavy (non-hydrogen) atoms. The van der Waals surface area contributed by atoms with E-state index >= 15 is 0 Å². The summed E-state index contributed by atoms with van der Waals surface area (Å²) in [4.78, 5) is 73.6. The number of hydrogen-bond acceptors (Lipinski definition) is 11. The summed E-state index contributed by atoms with van der Waals surface area (Å²) in [5.41, 5.74) is 7.14. The number of likely N-dealkylation sites (tertiary alicyclic amines) is 2. The van der Waals surface area contributed by atoms with Gasteiger partial charge in [0.05, 0.1) is 68.4 Å². The maximum Gasteiger partial charge on any atom is 0.407 e. The first-order valence-corrected chi connectivity index (χ1v) is 22.5. The largest absolute Gasteiger partial charge is 0.488 e. The Morgan fingerprint density at radius 2 is 1.71 bits per heavy atom. The van der Waals surface area contributed by atoms with Crippen molar-refractivity contribution < 1.29 is 38.1 Å². The van der Waals surface area contributed by atoms with Gasteiger partial charge in [-0.15, -0.1) is 0 Å². The Bertz CT molecular complexity index is 2790. The van der Waals surface area contributed by atoms with Crippen molar-refractivity contribution in [2.24, 2.45) is 11.8 Å². The van der Waals surface area contributed by atoms with Crippen molar-refractivity contribution in [1.82, 2.24) is 40.4 Å². The maximum absolute atomic E-state index is 14.3. The minimum Gasteiger partial charge on any atom is -0.488 e. The Balaban J connectivity index is 0.967. The smallest absolute Gasteiger partial charge is 0.407 e. The van der Waals surface area contributed by atoms with Gasteiger partial charge in [-0.2, -0.15) is 0 Å². The normalized spacial score (nSPS) is 19.9. The molecule has 2 saturated heterocycles. The molecule has 0 aliphatic carbocycles. The molecule has 344 valence electrons. The van der Waals surface area contributed by atoms with Crippen LogP contribution in [-0.4, -0.2) is 107 Å². The average molecular weight is 897 g/mol. The lowest BCUT2D eigenvalue weighted by molar-refractivity contribution is -0.141. The fraction of sp³-hybridized carbons (Fsp3) is 0.400. The number of benzene rings is 4. The van der Waals surface area contributed by atoms with Crippen molar-refractivity contribution in [2.45, 2.75) is 76.8 Å². The molecular formula is C50H56N8O8. The molecule has 3 aliphatic rings. The third-order valence-electron chi connectivity index (χ3n) is 13.4. The minimum absolute atomic E-state index is 0.00332. The molecule has 2 fully saturated rings. The zero-order valence-corrected chi connectivity index (χ0v) is 38.1. The summed E-state index contributed by atoms with van der Waals surface area (Å²) in [5, 5.41) is 7.83. The molecule has 1 unspecified atom stereocenters. The third kappa shape index (κ3) is 8.46. The molecule has 16 nitrogen and oxygen atoms in total. The third-order valence-corrected chi connectivity index (χ3v) is 13.4. The second kappa shape index (κ2) is 18.6. The number of imidazole rings is 2. The molecule has 3 aliphatic heterocycles. The number of carbonyl (C=O) groups is 4. The number of esters is 1. The van der Waals surface area contributed by atoms with E-state index in [0.717, 1.165) is 74.2 Å². The van der Waals surface area contributed by atoms with E-state index in [0.29, 0.717) is 37.6 Å². The predicted molar refractivity (Wildman–Crippen MR) is 247 cm³/mol. The van der Waals surface area contributed by atoms with Crippen LogP contribution in [-0.2, 0) is 35.2 Å². The number of hydrogen-bond donors (Lipinski definition) is 4. The van der Waals surface area contributed by atoms with Gasteiger partial charge in [0.25, 0.3) is 5.91 Å². The highest BCUT2D eigenvalue weighted by molar-refractivity contribution is 6.07. The van der Waals surface area contributed by atoms with Crippen molar-refractivity contribution in [3.05, 3.63) is 102 Å². The molecule has 5 heterocycles. The van der Waals surface area contributed by atoms with Crippen LogP contribution in [0.2, 0.25) is 0 Å². The Labute approximate surface area is 382 Å². The standard InChI is InChI=1S/C50H56N8O8/c1-27(2)43(51-23-42(59)64-5)49(61)58-28(3)12-17-39(58)47-53-37-16-14-31-20-36-34-15-13-32(19-33(34)26-66-41(36)21-35(31)45(37)55-47)38-22-52-46(54-38)40-18-29(25-63-4)24-57(40)48(60)44(56-50(62)65-6)30-10-8-7-9-11-30/h7-11,13-16,19-22,27-29,39-40,43-44,51H,12,17-18,23-26H2,1-6H3,(H,52,54)(H,53,55)(H,56,62)/t28-,29-,39?,40-,43-,44+/m0/s1. The number of aromatic nitrogens is 4. The van der Waals surface area contributed by atoms with Gasteiger partial charge >= 0.3 is 12.1 Å². The zero-order chi connectivity index (χ0) is 46.2. The highest BCUT2D eigenvalue weighted by atomic mass is 16.5. The van der Waals surface area contributed by atoms with Gasteiger partial charge in [-0.1, -0.05) is 62.4 Å². The van der Waals surface area contributed by atoms with Crippen molar-refractivity contribution in [3.63, 3.8) is 0 Å². The van der Waals surface area contributed by atoms with E-state index in [-0.39, 0.29) is 48.3 Å². The van der Waals surface area contributed by atoms with Crippen LogP contribution in [0, 0.1) is 11.8 Å². The second-order valence-electron chi connectivity index (χ2n) is 17.9. The van der Waals surface area contributed by atoms with Gasteiger partial charge < -0.3 is 44.0 Å². The lowest BCUT2D eigenvalue weighted by atomic mass is 9.92. The molecule has 6 aromatic rings. The number of nitrogens with zero attached hydrogens (tertiary/aromatic N) is 4. The number of amides is 3. The van der Waals surface area contributed by atoms with E-state index in [1.165, 1.54) is 14.2 Å². The summed E-state index contributed by atoms with van der Waals surface area (Å²) in [6.45, 7) is 7.23. The zero-order valence-electron chi connectivity index (χ0n) is 38.1. The molecule has 0 spiro atoms. The van der Waals surface area contributed by atoms with E-state index in [1.54, 1.807) is 18.2 Å². The van der Waals surface area contributed by atoms with Crippen LogP contribution in [0.25, 0.3) is 44.2 Å². The fourth-order valence-electron chi connectivity index (χ4n) is 10.00. The molecule has 2 aromatic heterocycles. The Morgan fingerprint density at radius 1 is 0.894 bits per heavy atom. The number of H-pyrrole nitrogens is 2. The molecule has 0 saturated carbocycles. The number of aromatic amines is 2. The molecule has 4 N–H and O–H groups in total. The number of rotatable bonds is 13. The van der Waals surface area contributed by atoms with Gasteiger partial charge in [-0.25, -0.2) is 14.8 Å². The Hall–Kier alpha value is -6.78. The summed E-state index contributed by atoms with van der Waals surface area (Å²) < 4.78 is 21.7. The van der Waals surface area contributed by atoms with Gasteiger partial charge in [-0.05, 0) is 84.0 Å². The van der Waals surface area contributed by atoms with E-state index in [9.17, 15) is 19.2 Å². The van der Waals surface area contributed by atoms with E-state index in [2.05, 4.69) is 63.9 Å². The Morgan fingerprint density at radius 3 is 2.47 bits per heavy atom. The molecule has 9 rings (SSSR count). The van der Waals surface area contributed by atoms with Gasteiger partial charge in [-0.3, -0.25) is 19.7 Å². The van der Waals surface area contributed by atoms with Gasteiger partial charge in [0.1, 0.15) is 30.0 Å². The summed E-state index contributed by atoms with van der Waals surface area (Å²) >= 11 is 0. The van der Waals surface area contributed by atoms with Crippen LogP contribution in [0.1, 0.15) is 80.9 Å². The van der Waals surface area contributed by atoms with E-state index in [1.807, 2.05) is 55.1 Å². The topological polar surface area (TPSA) is 193 Å². The van der Waals surface area contributed by atoms with E-state index in [4.69, 9.17) is 28.9 Å². The van der Waals surface area contributed by atoms with Crippen LogP contribution in [0.4, 0.5) is 4.79 Å². The monoisotopic (exact) mass is 896 g/mol. The average Bonchev–Trinajstić information content (AvgIpc) is 4.16. The first-order chi connectivity index (χ1) is 32.0. The first-order valence-electron chi connectivity index (χ1n) is 22.5. The van der Waals surface area contributed by atoms with Gasteiger partial charge in [0.15, 0.2) is 0 Å². The fourth-order valence-corrected chi connectivity index (χ4v) is 10.00. The summed E-state index contributed by atoms with van der Waals surface area (Å²) in [6.07, 6.45) is 3.34. The van der Waals surface area contributed by atoms with Crippen LogP contribution >= 0.6 is 0 Å². The predicted octanol–water partition coefficient (Wildman–Crippen LogP) is 7.14. The van der Waals surface area contributed by atoms with Gasteiger partial charge in [0.2, 0.25) is 5.91 Å².